The summed E-state index contributed by atoms with van der Waals surface area (Å²) in [7, 11) is 1.98. The first-order valence-electron chi connectivity index (χ1n) is 9.69. The van der Waals surface area contributed by atoms with Gasteiger partial charge in [-0.05, 0) is 42.2 Å². The Kier molecular flexibility index (Phi) is 4.67. The maximum absolute atomic E-state index is 13.3. The number of nitrogens with zero attached hydrogens (tertiary/aromatic N) is 2. The lowest BCUT2D eigenvalue weighted by molar-refractivity contribution is -0.121. The first-order valence-corrected chi connectivity index (χ1v) is 9.69. The Labute approximate surface area is 165 Å². The molecule has 5 heteroatoms. The molecular formula is C23H25N3O2. The largest absolute Gasteiger partial charge is 0.350 e. The monoisotopic (exact) mass is 375 g/mol. The van der Waals surface area contributed by atoms with Crippen LogP contribution in [-0.4, -0.2) is 27.3 Å². The molecule has 0 saturated heterocycles. The smallest absolute Gasteiger partial charge is 0.255 e. The van der Waals surface area contributed by atoms with Crippen molar-refractivity contribution in [1.29, 1.82) is 0 Å². The van der Waals surface area contributed by atoms with Crippen LogP contribution in [0.2, 0.25) is 0 Å². The lowest BCUT2D eigenvalue weighted by atomic mass is 10.0. The summed E-state index contributed by atoms with van der Waals surface area (Å²) < 4.78 is 2.03. The number of benzene rings is 2. The molecule has 0 fully saturated rings. The molecule has 3 aromatic rings. The molecule has 28 heavy (non-hydrogen) atoms. The SMILES string of the molecule is CC(C)C[C@@H](C(=O)Nc1cccc2c1ccn2C)N1Cc2ccccc2C1=O. The van der Waals surface area contributed by atoms with Gasteiger partial charge in [0.25, 0.3) is 5.91 Å². The number of amides is 2. The molecule has 0 spiro atoms. The van der Waals surface area contributed by atoms with Crippen molar-refractivity contribution in [3.8, 4) is 0 Å². The molecule has 0 aliphatic carbocycles. The summed E-state index contributed by atoms with van der Waals surface area (Å²) in [4.78, 5) is 27.9. The number of carbonyl (C=O) groups is 2. The Hall–Kier alpha value is -3.08. The number of anilines is 1. The second-order valence-electron chi connectivity index (χ2n) is 7.89. The van der Waals surface area contributed by atoms with E-state index in [0.717, 1.165) is 22.2 Å². The third-order valence-electron chi connectivity index (χ3n) is 5.41. The zero-order chi connectivity index (χ0) is 19.8. The second-order valence-corrected chi connectivity index (χ2v) is 7.89. The highest BCUT2D eigenvalue weighted by atomic mass is 16.2. The van der Waals surface area contributed by atoms with Crippen LogP contribution in [0.25, 0.3) is 10.9 Å². The zero-order valence-corrected chi connectivity index (χ0v) is 16.5. The van der Waals surface area contributed by atoms with Crippen LogP contribution in [0.5, 0.6) is 0 Å². The van der Waals surface area contributed by atoms with E-state index in [-0.39, 0.29) is 11.8 Å². The number of nitrogens with one attached hydrogen (secondary N) is 1. The highest BCUT2D eigenvalue weighted by Crippen LogP contribution is 2.29. The van der Waals surface area contributed by atoms with Crippen LogP contribution in [0.3, 0.4) is 0 Å². The van der Waals surface area contributed by atoms with Crippen LogP contribution in [0, 0.1) is 5.92 Å². The summed E-state index contributed by atoms with van der Waals surface area (Å²) in [5.74, 6) is 0.0975. The summed E-state index contributed by atoms with van der Waals surface area (Å²) in [6, 6.07) is 15.0. The summed E-state index contributed by atoms with van der Waals surface area (Å²) >= 11 is 0. The van der Waals surface area contributed by atoms with E-state index in [1.54, 1.807) is 4.90 Å². The number of hydrogen-bond donors (Lipinski definition) is 1. The predicted molar refractivity (Wildman–Crippen MR) is 111 cm³/mol. The minimum absolute atomic E-state index is 0.0608. The van der Waals surface area contributed by atoms with Crippen LogP contribution in [0.15, 0.2) is 54.7 Å². The van der Waals surface area contributed by atoms with Gasteiger partial charge in [0.2, 0.25) is 5.91 Å². The molecular weight excluding hydrogens is 350 g/mol. The van der Waals surface area contributed by atoms with E-state index < -0.39 is 6.04 Å². The molecule has 2 amide bonds. The van der Waals surface area contributed by atoms with Crippen molar-refractivity contribution in [1.82, 2.24) is 9.47 Å². The third-order valence-corrected chi connectivity index (χ3v) is 5.41. The predicted octanol–water partition coefficient (Wildman–Crippen LogP) is 4.19. The Bertz CT molecular complexity index is 1050. The van der Waals surface area contributed by atoms with Crippen molar-refractivity contribution >= 4 is 28.4 Å². The second kappa shape index (κ2) is 7.15. The molecule has 1 atom stereocenters. The number of rotatable bonds is 5. The van der Waals surface area contributed by atoms with E-state index in [9.17, 15) is 9.59 Å². The highest BCUT2D eigenvalue weighted by Gasteiger charge is 2.36. The summed E-state index contributed by atoms with van der Waals surface area (Å²) in [5, 5.41) is 4.08. The van der Waals surface area contributed by atoms with Gasteiger partial charge in [0.1, 0.15) is 6.04 Å². The molecule has 144 valence electrons. The van der Waals surface area contributed by atoms with Gasteiger partial charge in [0.05, 0.1) is 5.69 Å². The normalized spacial score (nSPS) is 14.6. The molecule has 4 rings (SSSR count). The highest BCUT2D eigenvalue weighted by molar-refractivity contribution is 6.06. The number of hydrogen-bond acceptors (Lipinski definition) is 2. The first-order chi connectivity index (χ1) is 13.5. The zero-order valence-electron chi connectivity index (χ0n) is 16.5. The number of fused-ring (bicyclic) bond motifs is 2. The van der Waals surface area contributed by atoms with Gasteiger partial charge < -0.3 is 14.8 Å². The minimum Gasteiger partial charge on any atom is -0.350 e. The van der Waals surface area contributed by atoms with Gasteiger partial charge in [-0.15, -0.1) is 0 Å². The molecule has 1 aliphatic heterocycles. The topological polar surface area (TPSA) is 54.3 Å². The lowest BCUT2D eigenvalue weighted by Crippen LogP contribution is -2.45. The van der Waals surface area contributed by atoms with E-state index >= 15 is 0 Å². The van der Waals surface area contributed by atoms with Gasteiger partial charge in [-0.1, -0.05) is 38.1 Å². The summed E-state index contributed by atoms with van der Waals surface area (Å²) in [6.45, 7) is 4.63. The molecule has 0 unspecified atom stereocenters. The van der Waals surface area contributed by atoms with Gasteiger partial charge in [0, 0.05) is 36.3 Å². The molecule has 1 N–H and O–H groups in total. The number of aromatic nitrogens is 1. The Balaban J connectivity index is 1.63. The Morgan fingerprint density at radius 1 is 1.11 bits per heavy atom. The molecule has 1 aliphatic rings. The maximum Gasteiger partial charge on any atom is 0.255 e. The van der Waals surface area contributed by atoms with Gasteiger partial charge in [-0.2, -0.15) is 0 Å². The van der Waals surface area contributed by atoms with Gasteiger partial charge in [0.15, 0.2) is 0 Å². The van der Waals surface area contributed by atoms with Crippen molar-refractivity contribution in [2.75, 3.05) is 5.32 Å². The van der Waals surface area contributed by atoms with E-state index in [1.807, 2.05) is 66.3 Å². The molecule has 1 aromatic heterocycles. The van der Waals surface area contributed by atoms with E-state index in [1.165, 1.54) is 0 Å². The lowest BCUT2D eigenvalue weighted by Gasteiger charge is -2.28. The fourth-order valence-electron chi connectivity index (χ4n) is 3.98. The average molecular weight is 375 g/mol. The number of carbonyl (C=O) groups excluding carboxylic acids is 2. The summed E-state index contributed by atoms with van der Waals surface area (Å²) in [5.41, 5.74) is 3.53. The van der Waals surface area contributed by atoms with Crippen LogP contribution >= 0.6 is 0 Å². The first kappa shape index (κ1) is 18.3. The van der Waals surface area contributed by atoms with Gasteiger partial charge in [-0.25, -0.2) is 0 Å². The quantitative estimate of drug-likeness (QED) is 0.727. The molecule has 2 heterocycles. The number of aryl methyl sites for hydroxylation is 1. The Morgan fingerprint density at radius 3 is 2.64 bits per heavy atom. The molecule has 0 saturated carbocycles. The molecule has 5 nitrogen and oxygen atoms in total. The van der Waals surface area contributed by atoms with Crippen LogP contribution < -0.4 is 5.32 Å². The van der Waals surface area contributed by atoms with E-state index in [2.05, 4.69) is 19.2 Å². The fourth-order valence-corrected chi connectivity index (χ4v) is 3.98. The van der Waals surface area contributed by atoms with Gasteiger partial charge >= 0.3 is 0 Å². The minimum atomic E-state index is -0.501. The van der Waals surface area contributed by atoms with E-state index in [0.29, 0.717) is 24.4 Å². The van der Waals surface area contributed by atoms with Crippen molar-refractivity contribution in [3.05, 3.63) is 65.9 Å². The van der Waals surface area contributed by atoms with Crippen molar-refractivity contribution in [2.45, 2.75) is 32.9 Å². The van der Waals surface area contributed by atoms with Crippen molar-refractivity contribution in [3.63, 3.8) is 0 Å². The fraction of sp³-hybridized carbons (Fsp3) is 0.304. The van der Waals surface area contributed by atoms with Gasteiger partial charge in [-0.3, -0.25) is 9.59 Å². The molecule has 2 aromatic carbocycles. The third kappa shape index (κ3) is 3.17. The van der Waals surface area contributed by atoms with Crippen LogP contribution in [0.4, 0.5) is 5.69 Å². The van der Waals surface area contributed by atoms with E-state index in [4.69, 9.17) is 0 Å². The van der Waals surface area contributed by atoms with Crippen LogP contribution in [-0.2, 0) is 18.4 Å². The standard InChI is InChI=1S/C23H25N3O2/c1-15(2)13-21(26-14-16-7-4-5-8-17(16)23(26)28)22(27)24-19-9-6-10-20-18(19)11-12-25(20)3/h4-12,15,21H,13-14H2,1-3H3,(H,24,27)/t21-/m0/s1. The average Bonchev–Trinajstić information content (AvgIpc) is 3.21. The van der Waals surface area contributed by atoms with Crippen LogP contribution in [0.1, 0.15) is 36.2 Å². The molecule has 0 radical (unpaired) electrons. The summed E-state index contributed by atoms with van der Waals surface area (Å²) in [6.07, 6.45) is 2.60. The molecule has 0 bridgehead atoms. The van der Waals surface area contributed by atoms with Crippen molar-refractivity contribution in [2.24, 2.45) is 13.0 Å². The van der Waals surface area contributed by atoms with Crippen molar-refractivity contribution < 1.29 is 9.59 Å². The maximum atomic E-state index is 13.3. The Morgan fingerprint density at radius 2 is 1.89 bits per heavy atom.